The molecule has 0 saturated heterocycles. The van der Waals surface area contributed by atoms with Crippen LogP contribution in [-0.2, 0) is 4.74 Å². The molecular formula is C16H17NO5S. The summed E-state index contributed by atoms with van der Waals surface area (Å²) in [5, 5.41) is 15.7. The third kappa shape index (κ3) is 3.82. The summed E-state index contributed by atoms with van der Waals surface area (Å²) in [5.41, 5.74) is 1.48. The van der Waals surface area contributed by atoms with Crippen LogP contribution in [0.15, 0.2) is 35.0 Å². The summed E-state index contributed by atoms with van der Waals surface area (Å²) in [6.45, 7) is 0.663. The van der Waals surface area contributed by atoms with Gasteiger partial charge in [0.05, 0.1) is 13.2 Å². The lowest BCUT2D eigenvalue weighted by atomic mass is 10.1. The fourth-order valence-electron chi connectivity index (χ4n) is 2.25. The lowest BCUT2D eigenvalue weighted by Crippen LogP contribution is -2.29. The van der Waals surface area contributed by atoms with Gasteiger partial charge in [-0.2, -0.15) is 11.3 Å². The summed E-state index contributed by atoms with van der Waals surface area (Å²) in [6, 6.07) is 7.01. The highest BCUT2D eigenvalue weighted by atomic mass is 32.1. The van der Waals surface area contributed by atoms with E-state index < -0.39 is 0 Å². The van der Waals surface area contributed by atoms with E-state index in [9.17, 15) is 4.79 Å². The van der Waals surface area contributed by atoms with Crippen molar-refractivity contribution in [2.45, 2.75) is 6.10 Å². The van der Waals surface area contributed by atoms with Crippen molar-refractivity contribution in [1.29, 1.82) is 0 Å². The third-order valence-corrected chi connectivity index (χ3v) is 4.11. The molecule has 2 N–H and O–H groups in total. The normalized spacial score (nSPS) is 13.8. The molecule has 1 aliphatic heterocycles. The van der Waals surface area contributed by atoms with Crippen LogP contribution in [0.1, 0.15) is 22.0 Å². The minimum atomic E-state index is -0.286. The molecule has 122 valence electrons. The highest BCUT2D eigenvalue weighted by Crippen LogP contribution is 2.32. The number of hydrogen-bond donors (Lipinski definition) is 2. The summed E-state index contributed by atoms with van der Waals surface area (Å²) in [5.74, 6) is 1.00. The number of hydrogen-bond acceptors (Lipinski definition) is 6. The molecule has 2 aromatic rings. The Morgan fingerprint density at radius 1 is 1.35 bits per heavy atom. The van der Waals surface area contributed by atoms with E-state index in [0.29, 0.717) is 23.6 Å². The van der Waals surface area contributed by atoms with Crippen molar-refractivity contribution in [2.24, 2.45) is 0 Å². The van der Waals surface area contributed by atoms with Crippen molar-refractivity contribution >= 4 is 17.2 Å². The summed E-state index contributed by atoms with van der Waals surface area (Å²) < 4.78 is 16.1. The zero-order valence-corrected chi connectivity index (χ0v) is 13.2. The van der Waals surface area contributed by atoms with E-state index in [0.717, 1.165) is 5.56 Å². The van der Waals surface area contributed by atoms with Crippen molar-refractivity contribution in [3.63, 3.8) is 0 Å². The molecule has 1 aromatic carbocycles. The van der Waals surface area contributed by atoms with Crippen molar-refractivity contribution < 1.29 is 24.1 Å². The van der Waals surface area contributed by atoms with Crippen LogP contribution in [0.4, 0.5) is 0 Å². The Morgan fingerprint density at radius 2 is 2.22 bits per heavy atom. The SMILES string of the molecule is O=C(NC[C@@H](OCCO)c1ccsc1)c1ccc2c(c1)OCO2. The van der Waals surface area contributed by atoms with Gasteiger partial charge in [0.2, 0.25) is 6.79 Å². The zero-order valence-electron chi connectivity index (χ0n) is 12.4. The maximum Gasteiger partial charge on any atom is 0.251 e. The Labute approximate surface area is 137 Å². The molecular weight excluding hydrogens is 318 g/mol. The van der Waals surface area contributed by atoms with Gasteiger partial charge in [-0.05, 0) is 40.6 Å². The Balaban J connectivity index is 1.62. The Morgan fingerprint density at radius 3 is 3.00 bits per heavy atom. The summed E-state index contributed by atoms with van der Waals surface area (Å²) >= 11 is 1.56. The average Bonchev–Trinajstić information content (AvgIpc) is 3.25. The standard InChI is InChI=1S/C16H17NO5S/c18-4-5-20-15(12-3-6-23-9-12)8-17-16(19)11-1-2-13-14(7-11)22-10-21-13/h1-3,6-7,9,15,18H,4-5,8,10H2,(H,17,19)/t15-/m1/s1. The second-order valence-electron chi connectivity index (χ2n) is 4.92. The van der Waals surface area contributed by atoms with Crippen LogP contribution in [-0.4, -0.2) is 37.6 Å². The zero-order chi connectivity index (χ0) is 16.1. The van der Waals surface area contributed by atoms with Gasteiger partial charge >= 0.3 is 0 Å². The lowest BCUT2D eigenvalue weighted by molar-refractivity contribution is 0.0279. The fraction of sp³-hybridized carbons (Fsp3) is 0.312. The molecule has 1 atom stereocenters. The van der Waals surface area contributed by atoms with Crippen LogP contribution in [0.5, 0.6) is 11.5 Å². The van der Waals surface area contributed by atoms with E-state index in [4.69, 9.17) is 19.3 Å². The summed E-state index contributed by atoms with van der Waals surface area (Å²) in [7, 11) is 0. The number of carbonyl (C=O) groups is 1. The minimum absolute atomic E-state index is 0.0588. The number of nitrogens with one attached hydrogen (secondary N) is 1. The van der Waals surface area contributed by atoms with Crippen molar-refractivity contribution in [1.82, 2.24) is 5.32 Å². The summed E-state index contributed by atoms with van der Waals surface area (Å²) in [6.07, 6.45) is -0.286. The number of aliphatic hydroxyl groups is 1. The van der Waals surface area contributed by atoms with Crippen molar-refractivity contribution in [3.05, 3.63) is 46.2 Å². The number of rotatable bonds is 7. The van der Waals surface area contributed by atoms with Gasteiger partial charge in [0, 0.05) is 12.1 Å². The molecule has 1 aliphatic rings. The number of carbonyl (C=O) groups excluding carboxylic acids is 1. The highest BCUT2D eigenvalue weighted by molar-refractivity contribution is 7.07. The summed E-state index contributed by atoms with van der Waals surface area (Å²) in [4.78, 5) is 12.3. The molecule has 1 aromatic heterocycles. The Hall–Kier alpha value is -2.09. The third-order valence-electron chi connectivity index (χ3n) is 3.41. The van der Waals surface area contributed by atoms with Gasteiger partial charge in [-0.1, -0.05) is 0 Å². The Kier molecular flexibility index (Phi) is 5.12. The number of thiophene rings is 1. The molecule has 0 radical (unpaired) electrons. The van der Waals surface area contributed by atoms with Gasteiger partial charge in [0.15, 0.2) is 11.5 Å². The van der Waals surface area contributed by atoms with Crippen LogP contribution in [0.2, 0.25) is 0 Å². The molecule has 3 rings (SSSR count). The van der Waals surface area contributed by atoms with E-state index in [1.165, 1.54) is 0 Å². The van der Waals surface area contributed by atoms with Crippen LogP contribution in [0.25, 0.3) is 0 Å². The first kappa shape index (κ1) is 15.8. The molecule has 23 heavy (non-hydrogen) atoms. The smallest absolute Gasteiger partial charge is 0.251 e. The van der Waals surface area contributed by atoms with Crippen molar-refractivity contribution in [2.75, 3.05) is 26.6 Å². The maximum atomic E-state index is 12.3. The Bertz CT molecular complexity index is 658. The largest absolute Gasteiger partial charge is 0.454 e. The van der Waals surface area contributed by atoms with Crippen LogP contribution in [0, 0.1) is 0 Å². The van der Waals surface area contributed by atoms with Gasteiger partial charge in [0.25, 0.3) is 5.91 Å². The topological polar surface area (TPSA) is 77.0 Å². The number of fused-ring (bicyclic) bond motifs is 1. The predicted octanol–water partition coefficient (Wildman–Crippen LogP) is 1.96. The molecule has 0 unspecified atom stereocenters. The van der Waals surface area contributed by atoms with E-state index in [2.05, 4.69) is 5.32 Å². The predicted molar refractivity (Wildman–Crippen MR) is 85.0 cm³/mol. The molecule has 0 bridgehead atoms. The molecule has 7 heteroatoms. The molecule has 1 amide bonds. The monoisotopic (exact) mass is 335 g/mol. The van der Waals surface area contributed by atoms with E-state index >= 15 is 0 Å². The fourth-order valence-corrected chi connectivity index (χ4v) is 2.95. The van der Waals surface area contributed by atoms with Gasteiger partial charge in [-0.3, -0.25) is 4.79 Å². The van der Waals surface area contributed by atoms with E-state index in [1.54, 1.807) is 29.5 Å². The quantitative estimate of drug-likeness (QED) is 0.809. The number of aliphatic hydroxyl groups excluding tert-OH is 1. The number of benzene rings is 1. The van der Waals surface area contributed by atoms with Gasteiger partial charge in [0.1, 0.15) is 6.10 Å². The minimum Gasteiger partial charge on any atom is -0.454 e. The van der Waals surface area contributed by atoms with Gasteiger partial charge in [-0.15, -0.1) is 0 Å². The van der Waals surface area contributed by atoms with E-state index in [1.807, 2.05) is 16.8 Å². The first-order chi connectivity index (χ1) is 11.3. The molecule has 0 fully saturated rings. The number of amides is 1. The van der Waals surface area contributed by atoms with Gasteiger partial charge < -0.3 is 24.6 Å². The van der Waals surface area contributed by atoms with Crippen LogP contribution < -0.4 is 14.8 Å². The second kappa shape index (κ2) is 7.45. The molecule has 6 nitrogen and oxygen atoms in total. The van der Waals surface area contributed by atoms with E-state index in [-0.39, 0.29) is 32.0 Å². The second-order valence-corrected chi connectivity index (χ2v) is 5.70. The van der Waals surface area contributed by atoms with Crippen molar-refractivity contribution in [3.8, 4) is 11.5 Å². The van der Waals surface area contributed by atoms with Gasteiger partial charge in [-0.25, -0.2) is 0 Å². The van der Waals surface area contributed by atoms with Crippen LogP contribution in [0.3, 0.4) is 0 Å². The molecule has 0 aliphatic carbocycles. The first-order valence-electron chi connectivity index (χ1n) is 7.20. The lowest BCUT2D eigenvalue weighted by Gasteiger charge is -2.17. The average molecular weight is 335 g/mol. The highest BCUT2D eigenvalue weighted by Gasteiger charge is 2.18. The first-order valence-corrected chi connectivity index (χ1v) is 8.14. The molecule has 0 spiro atoms. The number of ether oxygens (including phenoxy) is 3. The van der Waals surface area contributed by atoms with Crippen LogP contribution >= 0.6 is 11.3 Å². The molecule has 2 heterocycles. The maximum absolute atomic E-state index is 12.3. The molecule has 0 saturated carbocycles.